The van der Waals surface area contributed by atoms with Gasteiger partial charge in [0, 0.05) is 11.8 Å². The van der Waals surface area contributed by atoms with Gasteiger partial charge in [0.1, 0.15) is 0 Å². The average Bonchev–Trinajstić information content (AvgIpc) is 3.17. The van der Waals surface area contributed by atoms with Crippen LogP contribution in [0.5, 0.6) is 0 Å². The number of allylic oxidation sites excluding steroid dienone is 24. The summed E-state index contributed by atoms with van der Waals surface area (Å²) < 4.78 is 0. The second-order valence-electron chi connectivity index (χ2n) is 15.5. The van der Waals surface area contributed by atoms with Crippen molar-refractivity contribution < 1.29 is 0 Å². The predicted octanol–water partition coefficient (Wildman–Crippen LogP) is 10.6. The van der Waals surface area contributed by atoms with E-state index in [-0.39, 0.29) is 0 Å². The van der Waals surface area contributed by atoms with Crippen LogP contribution in [0.15, 0.2) is 165 Å². The summed E-state index contributed by atoms with van der Waals surface area (Å²) in [5.74, 6) is 2.47. The lowest BCUT2D eigenvalue weighted by molar-refractivity contribution is 0.494. The Bertz CT molecular complexity index is 2130. The number of rotatable bonds is 3. The van der Waals surface area contributed by atoms with E-state index in [2.05, 4.69) is 109 Å². The summed E-state index contributed by atoms with van der Waals surface area (Å²) in [5.41, 5.74) is 19.4. The number of hydrogen-bond donors (Lipinski definition) is 0. The summed E-state index contributed by atoms with van der Waals surface area (Å²) in [6.45, 7) is 0. The molecule has 1 aromatic rings. The third-order valence-electron chi connectivity index (χ3n) is 13.1. The molecule has 4 unspecified atom stereocenters. The molecule has 0 radical (unpaired) electrons. The number of benzene rings is 1. The highest BCUT2D eigenvalue weighted by Crippen LogP contribution is 2.50. The van der Waals surface area contributed by atoms with E-state index in [0.717, 1.165) is 5.92 Å². The van der Waals surface area contributed by atoms with Gasteiger partial charge in [0.25, 0.3) is 0 Å². The van der Waals surface area contributed by atoms with Crippen LogP contribution in [0.3, 0.4) is 0 Å². The minimum atomic E-state index is 0.533. The first-order chi connectivity index (χ1) is 23.8. The molecule has 0 fully saturated rings. The van der Waals surface area contributed by atoms with Crippen molar-refractivity contribution in [1.29, 1.82) is 0 Å². The Morgan fingerprint density at radius 3 is 2.06 bits per heavy atom. The largest absolute Gasteiger partial charge is 0.0767 e. The van der Waals surface area contributed by atoms with E-state index in [9.17, 15) is 0 Å². The zero-order valence-corrected chi connectivity index (χ0v) is 28.2. The smallest absolute Gasteiger partial charge is 0.0124 e. The van der Waals surface area contributed by atoms with Crippen molar-refractivity contribution in [2.75, 3.05) is 0 Å². The molecule has 0 heteroatoms. The topological polar surface area (TPSA) is 0 Å². The van der Waals surface area contributed by atoms with Crippen LogP contribution in [-0.4, -0.2) is 0 Å². The van der Waals surface area contributed by atoms with Gasteiger partial charge in [-0.15, -0.1) is 0 Å². The van der Waals surface area contributed by atoms with Crippen LogP contribution < -0.4 is 10.4 Å². The molecular formula is C48H46. The van der Waals surface area contributed by atoms with Crippen LogP contribution >= 0.6 is 0 Å². The van der Waals surface area contributed by atoms with Gasteiger partial charge < -0.3 is 0 Å². The van der Waals surface area contributed by atoms with Crippen molar-refractivity contribution >= 4 is 11.6 Å². The molecule has 0 bridgehead atoms. The zero-order chi connectivity index (χ0) is 31.6. The fourth-order valence-electron chi connectivity index (χ4n) is 10.6. The lowest BCUT2D eigenvalue weighted by Crippen LogP contribution is -2.35. The molecule has 9 aliphatic rings. The Labute approximate surface area is 286 Å². The van der Waals surface area contributed by atoms with Gasteiger partial charge in [-0.3, -0.25) is 0 Å². The second-order valence-corrected chi connectivity index (χ2v) is 15.5. The maximum Gasteiger partial charge on any atom is 0.0124 e. The van der Waals surface area contributed by atoms with Crippen molar-refractivity contribution in [2.45, 2.75) is 77.0 Å². The third-order valence-corrected chi connectivity index (χ3v) is 13.1. The van der Waals surface area contributed by atoms with Crippen molar-refractivity contribution in [1.82, 2.24) is 0 Å². The molecule has 238 valence electrons. The Hall–Kier alpha value is -4.16. The molecule has 9 aliphatic carbocycles. The molecule has 0 N–H and O–H groups in total. The Balaban J connectivity index is 0.873. The summed E-state index contributed by atoms with van der Waals surface area (Å²) in [4.78, 5) is 0. The summed E-state index contributed by atoms with van der Waals surface area (Å²) in [6.07, 6.45) is 48.8. The van der Waals surface area contributed by atoms with E-state index in [0.29, 0.717) is 17.8 Å². The molecule has 0 spiro atoms. The van der Waals surface area contributed by atoms with Crippen LogP contribution in [0.4, 0.5) is 0 Å². The first-order valence-corrected chi connectivity index (χ1v) is 19.0. The molecule has 10 rings (SSSR count). The van der Waals surface area contributed by atoms with Crippen molar-refractivity contribution in [3.63, 3.8) is 0 Å². The first kappa shape index (κ1) is 28.8. The highest BCUT2D eigenvalue weighted by Gasteiger charge is 2.36. The van der Waals surface area contributed by atoms with Crippen LogP contribution in [-0.2, 0) is 0 Å². The quantitative estimate of drug-likeness (QED) is 0.315. The van der Waals surface area contributed by atoms with E-state index < -0.39 is 0 Å². The average molecular weight is 623 g/mol. The molecule has 0 saturated carbocycles. The van der Waals surface area contributed by atoms with Crippen molar-refractivity contribution in [3.05, 3.63) is 175 Å². The van der Waals surface area contributed by atoms with Crippen molar-refractivity contribution in [3.8, 4) is 0 Å². The standard InChI is InChI=1S/C48H46/c1-3-7-43-35(5-1)17-19-37-21-23-41-29-39(25-27-45(41)47(37)43)33-13-9-31(10-14-33)32-11-15-34(16-12-32)40-26-28-46-42(30-40)24-22-38-20-18-36-6-2-4-8-44(36)48(38)46/h1-9,11,13,15,17-19,25,27,30,35,38,41,43H,10,12,14,16,20-24,26,28-29H2. The van der Waals surface area contributed by atoms with Gasteiger partial charge in [0.2, 0.25) is 0 Å². The fraction of sp³-hybridized carbons (Fsp3) is 0.333. The Kier molecular flexibility index (Phi) is 7.06. The Morgan fingerprint density at radius 1 is 0.542 bits per heavy atom. The lowest BCUT2D eigenvalue weighted by atomic mass is 9.65. The maximum absolute atomic E-state index is 2.61. The van der Waals surface area contributed by atoms with Crippen LogP contribution in [0.25, 0.3) is 11.6 Å². The lowest BCUT2D eigenvalue weighted by Gasteiger charge is -2.39. The summed E-state index contributed by atoms with van der Waals surface area (Å²) in [7, 11) is 0. The van der Waals surface area contributed by atoms with Crippen molar-refractivity contribution in [2.24, 2.45) is 23.7 Å². The van der Waals surface area contributed by atoms with E-state index in [1.165, 1.54) is 87.5 Å². The summed E-state index contributed by atoms with van der Waals surface area (Å²) in [6, 6.07) is 9.11. The maximum atomic E-state index is 2.61. The van der Waals surface area contributed by atoms with Gasteiger partial charge in [-0.05, 0) is 166 Å². The molecule has 0 saturated heterocycles. The minimum Gasteiger partial charge on any atom is -0.0767 e. The highest BCUT2D eigenvalue weighted by atomic mass is 14.4. The predicted molar refractivity (Wildman–Crippen MR) is 201 cm³/mol. The zero-order valence-electron chi connectivity index (χ0n) is 28.2. The first-order valence-electron chi connectivity index (χ1n) is 19.0. The third kappa shape index (κ3) is 4.86. The summed E-state index contributed by atoms with van der Waals surface area (Å²) >= 11 is 0. The number of hydrogen-bond acceptors (Lipinski definition) is 0. The van der Waals surface area contributed by atoms with E-state index in [4.69, 9.17) is 0 Å². The number of fused-ring (bicyclic) bond motifs is 7. The molecule has 0 heterocycles. The molecule has 48 heavy (non-hydrogen) atoms. The molecule has 0 aliphatic heterocycles. The minimum absolute atomic E-state index is 0.533. The van der Waals surface area contributed by atoms with Crippen LogP contribution in [0.1, 0.15) is 77.0 Å². The molecular weight excluding hydrogens is 577 g/mol. The molecule has 0 amide bonds. The van der Waals surface area contributed by atoms with Crippen LogP contribution in [0, 0.1) is 23.7 Å². The molecule has 0 nitrogen and oxygen atoms in total. The molecule has 1 aromatic carbocycles. The Morgan fingerprint density at radius 2 is 1.23 bits per heavy atom. The van der Waals surface area contributed by atoms with Gasteiger partial charge in [-0.2, -0.15) is 0 Å². The monoisotopic (exact) mass is 622 g/mol. The molecule has 0 aromatic heterocycles. The van der Waals surface area contributed by atoms with E-state index >= 15 is 0 Å². The van der Waals surface area contributed by atoms with Gasteiger partial charge in [-0.25, -0.2) is 0 Å². The highest BCUT2D eigenvalue weighted by molar-refractivity contribution is 5.74. The van der Waals surface area contributed by atoms with Gasteiger partial charge in [0.15, 0.2) is 0 Å². The van der Waals surface area contributed by atoms with E-state index in [1.54, 1.807) is 66.9 Å². The fourth-order valence-corrected chi connectivity index (χ4v) is 10.6. The van der Waals surface area contributed by atoms with E-state index in [1.807, 2.05) is 0 Å². The molecule has 4 atom stereocenters. The van der Waals surface area contributed by atoms with Gasteiger partial charge in [0.05, 0.1) is 0 Å². The van der Waals surface area contributed by atoms with Gasteiger partial charge >= 0.3 is 0 Å². The second kappa shape index (κ2) is 11.8. The van der Waals surface area contributed by atoms with Crippen LogP contribution in [0.2, 0.25) is 0 Å². The van der Waals surface area contributed by atoms with Gasteiger partial charge in [-0.1, -0.05) is 109 Å². The summed E-state index contributed by atoms with van der Waals surface area (Å²) in [5, 5.41) is 2.96. The SMILES string of the molecule is C1=CC2C=CC3=C(C4=CC=C(C5=CC=C(C6=CC=C(C7=CC8=C(CC7)C7=c9ccccc9=CCC7CC8)CC6)CC5)CC4CC3)C2C=C1. The normalized spacial score (nSPS) is 30.1.